The van der Waals surface area contributed by atoms with Gasteiger partial charge in [0.15, 0.2) is 0 Å². The molecule has 1 aromatic carbocycles. The minimum absolute atomic E-state index is 0.0873. The summed E-state index contributed by atoms with van der Waals surface area (Å²) in [4.78, 5) is 38.4. The van der Waals surface area contributed by atoms with Crippen LogP contribution in [0.1, 0.15) is 53.6 Å². The number of nitrogens with zero attached hydrogens (tertiary/aromatic N) is 1. The van der Waals surface area contributed by atoms with E-state index in [0.29, 0.717) is 25.1 Å². The summed E-state index contributed by atoms with van der Waals surface area (Å²) in [6, 6.07) is 5.29. The van der Waals surface area contributed by atoms with Crippen molar-refractivity contribution in [3.05, 3.63) is 34.9 Å². The molecule has 1 aromatic rings. The van der Waals surface area contributed by atoms with E-state index in [9.17, 15) is 14.4 Å². The number of fused-ring (bicyclic) bond motifs is 1. The van der Waals surface area contributed by atoms with E-state index >= 15 is 0 Å². The zero-order valence-corrected chi connectivity index (χ0v) is 17.0. The Balaban J connectivity index is 1.19. The molecule has 3 N–H and O–H groups in total. The van der Waals surface area contributed by atoms with E-state index in [4.69, 9.17) is 4.74 Å². The molecule has 0 saturated carbocycles. The van der Waals surface area contributed by atoms with E-state index in [0.717, 1.165) is 50.0 Å². The second-order valence-corrected chi connectivity index (χ2v) is 8.86. The highest BCUT2D eigenvalue weighted by Gasteiger charge is 2.45. The standard InChI is InChI=1S/C22H28N4O4/c27-18-5-4-17(20(28)25-18)26-13-15-3-1-2-14(19(15)21(26)29)11-24-12-16-10-22(30-16)6-8-23-9-7-22/h1-3,16-17,23-24H,4-13H2,(H,25,27,28). The smallest absolute Gasteiger partial charge is 0.255 e. The third-order valence-electron chi connectivity index (χ3n) is 6.86. The predicted octanol–water partition coefficient (Wildman–Crippen LogP) is 0.448. The summed E-state index contributed by atoms with van der Waals surface area (Å²) in [6.45, 7) is 3.83. The number of nitrogens with one attached hydrogen (secondary N) is 3. The largest absolute Gasteiger partial charge is 0.370 e. The van der Waals surface area contributed by atoms with E-state index < -0.39 is 6.04 Å². The van der Waals surface area contributed by atoms with Crippen molar-refractivity contribution in [2.24, 2.45) is 0 Å². The Kier molecular flexibility index (Phi) is 5.08. The summed E-state index contributed by atoms with van der Waals surface area (Å²) in [5.41, 5.74) is 2.67. The second kappa shape index (κ2) is 7.76. The topological polar surface area (TPSA) is 99.8 Å². The van der Waals surface area contributed by atoms with Gasteiger partial charge in [-0.2, -0.15) is 0 Å². The highest BCUT2D eigenvalue weighted by atomic mass is 16.5. The fraction of sp³-hybridized carbons (Fsp3) is 0.591. The molecule has 0 radical (unpaired) electrons. The molecule has 0 aromatic heterocycles. The van der Waals surface area contributed by atoms with Crippen LogP contribution < -0.4 is 16.0 Å². The normalized spacial score (nSPS) is 27.7. The van der Waals surface area contributed by atoms with Gasteiger partial charge in [-0.1, -0.05) is 18.2 Å². The molecule has 4 aliphatic rings. The number of ether oxygens (including phenoxy) is 1. The van der Waals surface area contributed by atoms with Crippen LogP contribution in [0.4, 0.5) is 0 Å². The Labute approximate surface area is 175 Å². The van der Waals surface area contributed by atoms with Gasteiger partial charge in [-0.3, -0.25) is 19.7 Å². The van der Waals surface area contributed by atoms with Crippen molar-refractivity contribution in [3.8, 4) is 0 Å². The molecule has 8 nitrogen and oxygen atoms in total. The maximum absolute atomic E-state index is 13.1. The molecule has 5 rings (SSSR count). The first-order valence-electron chi connectivity index (χ1n) is 10.9. The first-order chi connectivity index (χ1) is 14.5. The van der Waals surface area contributed by atoms with E-state index in [-0.39, 0.29) is 35.8 Å². The molecule has 4 aliphatic heterocycles. The van der Waals surface area contributed by atoms with Crippen molar-refractivity contribution in [3.63, 3.8) is 0 Å². The van der Waals surface area contributed by atoms with Gasteiger partial charge in [-0.25, -0.2) is 0 Å². The van der Waals surface area contributed by atoms with Gasteiger partial charge >= 0.3 is 0 Å². The van der Waals surface area contributed by atoms with Gasteiger partial charge in [0.1, 0.15) is 6.04 Å². The number of benzene rings is 1. The maximum atomic E-state index is 13.1. The van der Waals surface area contributed by atoms with Crippen LogP contribution in [-0.4, -0.2) is 60.0 Å². The lowest BCUT2D eigenvalue weighted by Crippen LogP contribution is -2.58. The van der Waals surface area contributed by atoms with Crippen LogP contribution in [0, 0.1) is 0 Å². The Bertz CT molecular complexity index is 872. The van der Waals surface area contributed by atoms with Crippen molar-refractivity contribution in [1.29, 1.82) is 0 Å². The number of imide groups is 1. The fourth-order valence-electron chi connectivity index (χ4n) is 5.28. The van der Waals surface area contributed by atoms with Crippen LogP contribution in [0.3, 0.4) is 0 Å². The Morgan fingerprint density at radius 3 is 2.77 bits per heavy atom. The average molecular weight is 412 g/mol. The van der Waals surface area contributed by atoms with Gasteiger partial charge in [0.2, 0.25) is 11.8 Å². The van der Waals surface area contributed by atoms with Gasteiger partial charge in [0, 0.05) is 38.0 Å². The van der Waals surface area contributed by atoms with Crippen molar-refractivity contribution < 1.29 is 19.1 Å². The molecule has 160 valence electrons. The minimum atomic E-state index is -0.576. The van der Waals surface area contributed by atoms with E-state index in [1.807, 2.05) is 18.2 Å². The van der Waals surface area contributed by atoms with Crippen LogP contribution in [0.25, 0.3) is 0 Å². The number of carbonyl (C=O) groups excluding carboxylic acids is 3. The van der Waals surface area contributed by atoms with Crippen LogP contribution in [-0.2, 0) is 27.4 Å². The predicted molar refractivity (Wildman–Crippen MR) is 109 cm³/mol. The summed E-state index contributed by atoms with van der Waals surface area (Å²) in [5, 5.41) is 9.17. The Morgan fingerprint density at radius 1 is 1.20 bits per heavy atom. The number of hydrogen-bond donors (Lipinski definition) is 3. The lowest BCUT2D eigenvalue weighted by molar-refractivity contribution is -0.214. The molecule has 3 saturated heterocycles. The molecule has 3 amide bonds. The fourth-order valence-corrected chi connectivity index (χ4v) is 5.28. The van der Waals surface area contributed by atoms with Crippen molar-refractivity contribution in [2.45, 2.75) is 62.9 Å². The highest BCUT2D eigenvalue weighted by molar-refractivity contribution is 6.05. The summed E-state index contributed by atoms with van der Waals surface area (Å²) in [7, 11) is 0. The first kappa shape index (κ1) is 19.7. The first-order valence-corrected chi connectivity index (χ1v) is 10.9. The molecule has 3 fully saturated rings. The Hall–Kier alpha value is -2.29. The number of hydrogen-bond acceptors (Lipinski definition) is 6. The third-order valence-corrected chi connectivity index (χ3v) is 6.86. The number of piperidine rings is 2. The molecule has 8 heteroatoms. The average Bonchev–Trinajstić information content (AvgIpc) is 3.05. The molecule has 0 aliphatic carbocycles. The quantitative estimate of drug-likeness (QED) is 0.608. The van der Waals surface area contributed by atoms with Gasteiger partial charge in [-0.15, -0.1) is 0 Å². The van der Waals surface area contributed by atoms with Crippen molar-refractivity contribution in [2.75, 3.05) is 19.6 Å². The summed E-state index contributed by atoms with van der Waals surface area (Å²) < 4.78 is 6.19. The van der Waals surface area contributed by atoms with Crippen LogP contribution in [0.2, 0.25) is 0 Å². The van der Waals surface area contributed by atoms with Gasteiger partial charge < -0.3 is 20.3 Å². The summed E-state index contributed by atoms with van der Waals surface area (Å²) in [6.07, 6.45) is 4.14. The lowest BCUT2D eigenvalue weighted by atomic mass is 9.81. The monoisotopic (exact) mass is 412 g/mol. The number of amides is 3. The molecule has 4 heterocycles. The zero-order valence-electron chi connectivity index (χ0n) is 17.0. The Morgan fingerprint density at radius 2 is 2.00 bits per heavy atom. The maximum Gasteiger partial charge on any atom is 0.255 e. The van der Waals surface area contributed by atoms with Crippen molar-refractivity contribution in [1.82, 2.24) is 20.9 Å². The molecular weight excluding hydrogens is 384 g/mol. The highest BCUT2D eigenvalue weighted by Crippen LogP contribution is 2.39. The third kappa shape index (κ3) is 3.53. The molecular formula is C22H28N4O4. The van der Waals surface area contributed by atoms with Crippen LogP contribution in [0.15, 0.2) is 18.2 Å². The van der Waals surface area contributed by atoms with E-state index in [2.05, 4.69) is 16.0 Å². The van der Waals surface area contributed by atoms with Crippen molar-refractivity contribution >= 4 is 17.7 Å². The van der Waals surface area contributed by atoms with Crippen LogP contribution in [0.5, 0.6) is 0 Å². The molecule has 0 bridgehead atoms. The molecule has 1 spiro atoms. The van der Waals surface area contributed by atoms with E-state index in [1.54, 1.807) is 4.90 Å². The number of carbonyl (C=O) groups is 3. The van der Waals surface area contributed by atoms with Crippen LogP contribution >= 0.6 is 0 Å². The molecule has 30 heavy (non-hydrogen) atoms. The molecule has 2 unspecified atom stereocenters. The second-order valence-electron chi connectivity index (χ2n) is 8.86. The minimum Gasteiger partial charge on any atom is -0.370 e. The number of rotatable bonds is 5. The lowest BCUT2D eigenvalue weighted by Gasteiger charge is -2.50. The zero-order chi connectivity index (χ0) is 20.7. The van der Waals surface area contributed by atoms with E-state index in [1.165, 1.54) is 0 Å². The van der Waals surface area contributed by atoms with Gasteiger partial charge in [-0.05, 0) is 43.5 Å². The summed E-state index contributed by atoms with van der Waals surface area (Å²) in [5.74, 6) is -0.763. The van der Waals surface area contributed by atoms with Gasteiger partial charge in [0.25, 0.3) is 5.91 Å². The molecule has 2 atom stereocenters. The SMILES string of the molecule is O=C1CCC(N2Cc3cccc(CNCC4CC5(CCNCC5)O4)c3C2=O)C(=O)N1. The summed E-state index contributed by atoms with van der Waals surface area (Å²) >= 11 is 0. The van der Waals surface area contributed by atoms with Gasteiger partial charge in [0.05, 0.1) is 11.7 Å².